The summed E-state index contributed by atoms with van der Waals surface area (Å²) in [6.45, 7) is 3.61. The van der Waals surface area contributed by atoms with Crippen LogP contribution in [0.1, 0.15) is 43.0 Å². The van der Waals surface area contributed by atoms with Gasteiger partial charge in [0.2, 0.25) is 5.91 Å². The van der Waals surface area contributed by atoms with E-state index >= 15 is 0 Å². The van der Waals surface area contributed by atoms with E-state index in [1.807, 2.05) is 0 Å². The summed E-state index contributed by atoms with van der Waals surface area (Å²) in [5.74, 6) is -0.222. The van der Waals surface area contributed by atoms with E-state index in [2.05, 4.69) is 17.6 Å². The Morgan fingerprint density at radius 1 is 1.23 bits per heavy atom. The number of rotatable bonds is 3. The average Bonchev–Trinajstić information content (AvgIpc) is 3.06. The molecule has 1 aromatic carbocycles. The normalized spacial score (nSPS) is 25.5. The van der Waals surface area contributed by atoms with Crippen molar-refractivity contribution in [3.8, 4) is 0 Å². The molecular weight excluding hydrogens is 397 g/mol. The van der Waals surface area contributed by atoms with E-state index in [1.165, 1.54) is 0 Å². The van der Waals surface area contributed by atoms with Crippen LogP contribution in [0, 0.1) is 0 Å². The van der Waals surface area contributed by atoms with Crippen LogP contribution in [0.4, 0.5) is 0 Å². The van der Waals surface area contributed by atoms with E-state index in [0.717, 1.165) is 25.8 Å². The van der Waals surface area contributed by atoms with Crippen LogP contribution >= 0.6 is 35.6 Å². The quantitative estimate of drug-likeness (QED) is 0.789. The molecule has 5 nitrogen and oxygen atoms in total. The van der Waals surface area contributed by atoms with E-state index in [4.69, 9.17) is 23.2 Å². The molecule has 2 saturated heterocycles. The summed E-state index contributed by atoms with van der Waals surface area (Å²) in [5.41, 5.74) is 0.463. The summed E-state index contributed by atoms with van der Waals surface area (Å²) < 4.78 is 0. The molecule has 3 atom stereocenters. The summed E-state index contributed by atoms with van der Waals surface area (Å²) in [5, 5.41) is 7.26. The molecule has 0 aromatic heterocycles. The first-order valence-electron chi connectivity index (χ1n) is 8.75. The van der Waals surface area contributed by atoms with Crippen LogP contribution < -0.4 is 10.6 Å². The molecule has 2 amide bonds. The van der Waals surface area contributed by atoms with Gasteiger partial charge in [0.1, 0.15) is 6.04 Å². The van der Waals surface area contributed by atoms with Crippen LogP contribution in [0.15, 0.2) is 18.2 Å². The fourth-order valence-corrected chi connectivity index (χ4v) is 3.94. The molecule has 3 rings (SSSR count). The highest BCUT2D eigenvalue weighted by atomic mass is 35.5. The minimum absolute atomic E-state index is 0. The summed E-state index contributed by atoms with van der Waals surface area (Å²) in [6, 6.07) is 4.99. The minimum atomic E-state index is -0.410. The molecular formula is C18H24Cl3N3O2. The largest absolute Gasteiger partial charge is 0.351 e. The summed E-state index contributed by atoms with van der Waals surface area (Å²) in [4.78, 5) is 27.2. The van der Waals surface area contributed by atoms with Crippen LogP contribution in [0.25, 0.3) is 0 Å². The predicted octanol–water partition coefficient (Wildman–Crippen LogP) is 3.28. The van der Waals surface area contributed by atoms with Gasteiger partial charge >= 0.3 is 0 Å². The van der Waals surface area contributed by atoms with Gasteiger partial charge in [-0.2, -0.15) is 0 Å². The van der Waals surface area contributed by atoms with Crippen LogP contribution in [0.3, 0.4) is 0 Å². The van der Waals surface area contributed by atoms with Gasteiger partial charge in [0, 0.05) is 24.2 Å². The second-order valence-electron chi connectivity index (χ2n) is 6.87. The first kappa shape index (κ1) is 21.3. The van der Waals surface area contributed by atoms with Crippen LogP contribution in [0.5, 0.6) is 0 Å². The summed E-state index contributed by atoms with van der Waals surface area (Å²) >= 11 is 11.9. The highest BCUT2D eigenvalue weighted by Gasteiger charge is 2.35. The number of hydrogen-bond acceptors (Lipinski definition) is 3. The van der Waals surface area contributed by atoms with Crippen LogP contribution in [-0.4, -0.2) is 47.9 Å². The molecule has 0 radical (unpaired) electrons. The fraction of sp³-hybridized carbons (Fsp3) is 0.556. The lowest BCUT2D eigenvalue weighted by Crippen LogP contribution is -2.52. The average molecular weight is 421 g/mol. The first-order valence-corrected chi connectivity index (χ1v) is 9.51. The zero-order chi connectivity index (χ0) is 18.0. The van der Waals surface area contributed by atoms with Crippen molar-refractivity contribution >= 4 is 47.4 Å². The molecule has 2 fully saturated rings. The van der Waals surface area contributed by atoms with Gasteiger partial charge < -0.3 is 15.5 Å². The highest BCUT2D eigenvalue weighted by Crippen LogP contribution is 2.26. The molecule has 0 spiro atoms. The second-order valence-corrected chi connectivity index (χ2v) is 7.68. The van der Waals surface area contributed by atoms with Gasteiger partial charge in [0.05, 0.1) is 10.0 Å². The Labute approximate surface area is 170 Å². The van der Waals surface area contributed by atoms with E-state index in [0.29, 0.717) is 34.6 Å². The number of nitrogens with one attached hydrogen (secondary N) is 2. The Bertz CT molecular complexity index is 671. The van der Waals surface area contributed by atoms with Crippen molar-refractivity contribution in [2.75, 3.05) is 13.1 Å². The Balaban J connectivity index is 0.00000243. The number of hydrogen-bond donors (Lipinski definition) is 2. The van der Waals surface area contributed by atoms with Crippen molar-refractivity contribution in [1.82, 2.24) is 15.5 Å². The fourth-order valence-electron chi connectivity index (χ4n) is 3.64. The number of likely N-dealkylation sites (tertiary alicyclic amines) is 1. The standard InChI is InChI=1S/C18H23Cl2N3O2.ClH/c1-11-9-13(6-7-21-11)22-17(24)16-3-2-8-23(16)18(25)12-4-5-14(19)15(20)10-12;/h4-5,10-11,13,16,21H,2-3,6-9H2,1H3,(H,22,24);1H. The summed E-state index contributed by atoms with van der Waals surface area (Å²) in [7, 11) is 0. The third kappa shape index (κ3) is 4.83. The SMILES string of the molecule is CC1CC(NC(=O)C2CCCN2C(=O)c2ccc(Cl)c(Cl)c2)CCN1.Cl. The van der Waals surface area contributed by atoms with Crippen molar-refractivity contribution < 1.29 is 9.59 Å². The lowest BCUT2D eigenvalue weighted by Gasteiger charge is -2.31. The molecule has 1 aromatic rings. The summed E-state index contributed by atoms with van der Waals surface area (Å²) in [6.07, 6.45) is 3.36. The maximum Gasteiger partial charge on any atom is 0.254 e. The predicted molar refractivity (Wildman–Crippen MR) is 106 cm³/mol. The maximum absolute atomic E-state index is 12.8. The van der Waals surface area contributed by atoms with Crippen LogP contribution in [0.2, 0.25) is 10.0 Å². The van der Waals surface area contributed by atoms with Gasteiger partial charge in [-0.05, 0) is 57.4 Å². The van der Waals surface area contributed by atoms with E-state index < -0.39 is 6.04 Å². The molecule has 0 aliphatic carbocycles. The number of carbonyl (C=O) groups is 2. The van der Waals surface area contributed by atoms with Crippen molar-refractivity contribution in [1.29, 1.82) is 0 Å². The molecule has 0 bridgehead atoms. The Morgan fingerprint density at radius 2 is 2.00 bits per heavy atom. The van der Waals surface area contributed by atoms with Crippen molar-refractivity contribution in [3.63, 3.8) is 0 Å². The second kappa shape index (κ2) is 9.27. The third-order valence-corrected chi connectivity index (χ3v) is 5.69. The van der Waals surface area contributed by atoms with E-state index in [1.54, 1.807) is 23.1 Å². The molecule has 2 aliphatic heterocycles. The van der Waals surface area contributed by atoms with Gasteiger partial charge in [-0.25, -0.2) is 0 Å². The number of amides is 2. The monoisotopic (exact) mass is 419 g/mol. The molecule has 2 N–H and O–H groups in total. The molecule has 3 unspecified atom stereocenters. The lowest BCUT2D eigenvalue weighted by atomic mass is 10.00. The van der Waals surface area contributed by atoms with Gasteiger partial charge in [0.25, 0.3) is 5.91 Å². The number of piperidine rings is 1. The van der Waals surface area contributed by atoms with Crippen LogP contribution in [-0.2, 0) is 4.79 Å². The molecule has 144 valence electrons. The highest BCUT2D eigenvalue weighted by molar-refractivity contribution is 6.42. The minimum Gasteiger partial charge on any atom is -0.351 e. The van der Waals surface area contributed by atoms with Crippen molar-refractivity contribution in [3.05, 3.63) is 33.8 Å². The van der Waals surface area contributed by atoms with E-state index in [9.17, 15) is 9.59 Å². The topological polar surface area (TPSA) is 61.4 Å². The Hall–Kier alpha value is -1.01. The Kier molecular flexibility index (Phi) is 7.59. The molecule has 0 saturated carbocycles. The number of halogens is 3. The number of carbonyl (C=O) groups excluding carboxylic acids is 2. The smallest absolute Gasteiger partial charge is 0.254 e. The maximum atomic E-state index is 12.8. The first-order chi connectivity index (χ1) is 12.0. The molecule has 26 heavy (non-hydrogen) atoms. The Morgan fingerprint density at radius 3 is 2.69 bits per heavy atom. The third-order valence-electron chi connectivity index (χ3n) is 4.95. The number of nitrogens with zero attached hydrogens (tertiary/aromatic N) is 1. The van der Waals surface area contributed by atoms with Crippen molar-refractivity contribution in [2.24, 2.45) is 0 Å². The zero-order valence-electron chi connectivity index (χ0n) is 14.6. The van der Waals surface area contributed by atoms with Gasteiger partial charge in [-0.15, -0.1) is 12.4 Å². The van der Waals surface area contributed by atoms with Gasteiger partial charge in [0.15, 0.2) is 0 Å². The van der Waals surface area contributed by atoms with Crippen molar-refractivity contribution in [2.45, 2.75) is 50.7 Å². The van der Waals surface area contributed by atoms with E-state index in [-0.39, 0.29) is 30.3 Å². The zero-order valence-corrected chi connectivity index (χ0v) is 17.0. The van der Waals surface area contributed by atoms with Gasteiger partial charge in [-0.1, -0.05) is 23.2 Å². The molecule has 8 heteroatoms. The molecule has 2 aliphatic rings. The van der Waals surface area contributed by atoms with Gasteiger partial charge in [-0.3, -0.25) is 9.59 Å². The molecule has 2 heterocycles. The number of benzene rings is 1. The lowest BCUT2D eigenvalue weighted by molar-refractivity contribution is -0.125.